The van der Waals surface area contributed by atoms with E-state index in [9.17, 15) is 0 Å². The zero-order valence-corrected chi connectivity index (χ0v) is 16.9. The Morgan fingerprint density at radius 1 is 0.783 bits per heavy atom. The maximum Gasteiger partial charge on any atom is 0.0283 e. The fourth-order valence-electron chi connectivity index (χ4n) is 3.71. The van der Waals surface area contributed by atoms with Gasteiger partial charge in [-0.25, -0.2) is 0 Å². The lowest BCUT2D eigenvalue weighted by atomic mass is 9.90. The maximum absolute atomic E-state index is 3.61. The SMILES string of the molecule is CCCCCCC1c2cc(CBr)ccc2-c2ccc(CBr)cc21. The second kappa shape index (κ2) is 7.98. The van der Waals surface area contributed by atoms with Crippen molar-refractivity contribution in [2.45, 2.75) is 55.6 Å². The van der Waals surface area contributed by atoms with Crippen LogP contribution in [0.15, 0.2) is 36.4 Å². The average molecular weight is 436 g/mol. The molecular weight excluding hydrogens is 412 g/mol. The van der Waals surface area contributed by atoms with Crippen LogP contribution in [0.3, 0.4) is 0 Å². The van der Waals surface area contributed by atoms with Crippen LogP contribution in [0.2, 0.25) is 0 Å². The van der Waals surface area contributed by atoms with Crippen LogP contribution in [0.5, 0.6) is 0 Å². The summed E-state index contributed by atoms with van der Waals surface area (Å²) in [7, 11) is 0. The summed E-state index contributed by atoms with van der Waals surface area (Å²) >= 11 is 7.22. The molecule has 0 aromatic heterocycles. The normalized spacial score (nSPS) is 13.2. The summed E-state index contributed by atoms with van der Waals surface area (Å²) in [5.74, 6) is 0.579. The predicted molar refractivity (Wildman–Crippen MR) is 108 cm³/mol. The molecule has 0 nitrogen and oxygen atoms in total. The summed E-state index contributed by atoms with van der Waals surface area (Å²) in [5.41, 5.74) is 8.75. The monoisotopic (exact) mass is 434 g/mol. The first-order chi connectivity index (χ1) is 11.3. The third kappa shape index (κ3) is 3.58. The second-order valence-electron chi connectivity index (χ2n) is 6.51. The lowest BCUT2D eigenvalue weighted by Gasteiger charge is -2.15. The van der Waals surface area contributed by atoms with Crippen molar-refractivity contribution < 1.29 is 0 Å². The molecular formula is C21H24Br2. The van der Waals surface area contributed by atoms with Gasteiger partial charge in [0.05, 0.1) is 0 Å². The van der Waals surface area contributed by atoms with Crippen LogP contribution in [0, 0.1) is 0 Å². The van der Waals surface area contributed by atoms with Crippen molar-refractivity contribution in [2.24, 2.45) is 0 Å². The molecule has 1 aliphatic rings. The van der Waals surface area contributed by atoms with Crippen molar-refractivity contribution >= 4 is 31.9 Å². The number of rotatable bonds is 7. The van der Waals surface area contributed by atoms with E-state index in [-0.39, 0.29) is 0 Å². The number of alkyl halides is 2. The molecule has 1 aliphatic carbocycles. The van der Waals surface area contributed by atoms with Crippen molar-refractivity contribution in [2.75, 3.05) is 0 Å². The van der Waals surface area contributed by atoms with E-state index in [1.807, 2.05) is 0 Å². The van der Waals surface area contributed by atoms with E-state index in [4.69, 9.17) is 0 Å². The van der Waals surface area contributed by atoms with Crippen molar-refractivity contribution in [3.8, 4) is 11.1 Å². The molecule has 0 unspecified atom stereocenters. The topological polar surface area (TPSA) is 0 Å². The van der Waals surface area contributed by atoms with E-state index in [1.165, 1.54) is 54.4 Å². The molecule has 0 bridgehead atoms. The third-order valence-corrected chi connectivity index (χ3v) is 6.22. The quantitative estimate of drug-likeness (QED) is 0.310. The molecule has 2 heteroatoms. The van der Waals surface area contributed by atoms with Crippen LogP contribution < -0.4 is 0 Å². The fraction of sp³-hybridized carbons (Fsp3) is 0.429. The minimum Gasteiger partial charge on any atom is -0.0876 e. The van der Waals surface area contributed by atoms with Crippen molar-refractivity contribution in [1.82, 2.24) is 0 Å². The largest absolute Gasteiger partial charge is 0.0876 e. The summed E-state index contributed by atoms with van der Waals surface area (Å²) in [6.45, 7) is 2.28. The number of hydrogen-bond acceptors (Lipinski definition) is 0. The minimum absolute atomic E-state index is 0.579. The molecule has 0 fully saturated rings. The smallest absolute Gasteiger partial charge is 0.0283 e. The number of benzene rings is 2. The van der Waals surface area contributed by atoms with Crippen LogP contribution >= 0.6 is 31.9 Å². The summed E-state index contributed by atoms with van der Waals surface area (Å²) < 4.78 is 0. The third-order valence-electron chi connectivity index (χ3n) is 4.93. The molecule has 0 radical (unpaired) electrons. The Kier molecular flexibility index (Phi) is 5.98. The van der Waals surface area contributed by atoms with E-state index in [0.29, 0.717) is 5.92 Å². The number of halogens is 2. The Hall–Kier alpha value is -0.600. The molecule has 3 rings (SSSR count). The van der Waals surface area contributed by atoms with Crippen LogP contribution in [-0.2, 0) is 10.7 Å². The molecule has 122 valence electrons. The molecule has 0 spiro atoms. The Labute approximate surface area is 157 Å². The zero-order chi connectivity index (χ0) is 16.2. The van der Waals surface area contributed by atoms with Gasteiger partial charge in [0.15, 0.2) is 0 Å². The van der Waals surface area contributed by atoms with Gasteiger partial charge < -0.3 is 0 Å². The van der Waals surface area contributed by atoms with E-state index in [1.54, 1.807) is 11.1 Å². The minimum atomic E-state index is 0.579. The van der Waals surface area contributed by atoms with Crippen molar-refractivity contribution in [1.29, 1.82) is 0 Å². The average Bonchev–Trinajstić information content (AvgIpc) is 2.90. The Bertz CT molecular complexity index is 622. The van der Waals surface area contributed by atoms with Gasteiger partial charge in [0.25, 0.3) is 0 Å². The predicted octanol–water partition coefficient (Wildman–Crippen LogP) is 7.56. The van der Waals surface area contributed by atoms with Crippen LogP contribution in [0.1, 0.15) is 67.2 Å². The summed E-state index contributed by atoms with van der Waals surface area (Å²) in [6.07, 6.45) is 6.62. The number of fused-ring (bicyclic) bond motifs is 3. The number of unbranched alkanes of at least 4 members (excludes halogenated alkanes) is 3. The van der Waals surface area contributed by atoms with Gasteiger partial charge >= 0.3 is 0 Å². The van der Waals surface area contributed by atoms with Crippen LogP contribution in [0.4, 0.5) is 0 Å². The first-order valence-corrected chi connectivity index (χ1v) is 10.9. The highest BCUT2D eigenvalue weighted by molar-refractivity contribution is 9.08. The molecule has 2 aromatic rings. The molecule has 0 atom stereocenters. The van der Waals surface area contributed by atoms with Gasteiger partial charge in [-0.1, -0.05) is 101 Å². The van der Waals surface area contributed by atoms with Gasteiger partial charge in [0.2, 0.25) is 0 Å². The summed E-state index contributed by atoms with van der Waals surface area (Å²) in [5, 5.41) is 1.87. The first-order valence-electron chi connectivity index (χ1n) is 8.66. The highest BCUT2D eigenvalue weighted by Gasteiger charge is 2.28. The number of hydrogen-bond donors (Lipinski definition) is 0. The van der Waals surface area contributed by atoms with Gasteiger partial charge in [0.1, 0.15) is 0 Å². The van der Waals surface area contributed by atoms with Gasteiger partial charge in [0, 0.05) is 16.6 Å². The molecule has 23 heavy (non-hydrogen) atoms. The van der Waals surface area contributed by atoms with E-state index in [2.05, 4.69) is 75.2 Å². The van der Waals surface area contributed by atoms with E-state index >= 15 is 0 Å². The van der Waals surface area contributed by atoms with Crippen molar-refractivity contribution in [3.05, 3.63) is 58.7 Å². The lowest BCUT2D eigenvalue weighted by molar-refractivity contribution is 0.601. The Balaban J connectivity index is 1.96. The van der Waals surface area contributed by atoms with Crippen molar-refractivity contribution in [3.63, 3.8) is 0 Å². The Morgan fingerprint density at radius 3 is 1.83 bits per heavy atom. The fourth-order valence-corrected chi connectivity index (χ4v) is 4.41. The highest BCUT2D eigenvalue weighted by Crippen LogP contribution is 2.48. The second-order valence-corrected chi connectivity index (χ2v) is 7.63. The zero-order valence-electron chi connectivity index (χ0n) is 13.7. The molecule has 0 aliphatic heterocycles. The molecule has 0 N–H and O–H groups in total. The van der Waals surface area contributed by atoms with Crippen LogP contribution in [-0.4, -0.2) is 0 Å². The van der Waals surface area contributed by atoms with Gasteiger partial charge in [-0.05, 0) is 39.8 Å². The standard InChI is InChI=1S/C21H24Br2/c1-2-3-4-5-6-17-20-11-15(13-22)7-9-18(20)19-10-8-16(14-23)12-21(17)19/h7-12,17H,2-6,13-14H2,1H3. The van der Waals surface area contributed by atoms with Gasteiger partial charge in [-0.3, -0.25) is 0 Å². The molecule has 0 saturated carbocycles. The molecule has 0 heterocycles. The Morgan fingerprint density at radius 2 is 1.35 bits per heavy atom. The lowest BCUT2D eigenvalue weighted by Crippen LogP contribution is -1.98. The van der Waals surface area contributed by atoms with E-state index < -0.39 is 0 Å². The molecule has 0 amide bonds. The molecule has 2 aromatic carbocycles. The van der Waals surface area contributed by atoms with E-state index in [0.717, 1.165) is 10.7 Å². The summed E-state index contributed by atoms with van der Waals surface area (Å²) in [6, 6.07) is 14.0. The highest BCUT2D eigenvalue weighted by atomic mass is 79.9. The van der Waals surface area contributed by atoms with Gasteiger partial charge in [-0.2, -0.15) is 0 Å². The summed E-state index contributed by atoms with van der Waals surface area (Å²) in [4.78, 5) is 0. The first kappa shape index (κ1) is 17.2. The molecule has 0 saturated heterocycles. The maximum atomic E-state index is 3.61. The van der Waals surface area contributed by atoms with Crippen LogP contribution in [0.25, 0.3) is 11.1 Å². The van der Waals surface area contributed by atoms with Gasteiger partial charge in [-0.15, -0.1) is 0 Å².